The summed E-state index contributed by atoms with van der Waals surface area (Å²) in [5.41, 5.74) is -11.5. The van der Waals surface area contributed by atoms with E-state index in [1.807, 2.05) is 0 Å². The van der Waals surface area contributed by atoms with Crippen LogP contribution in [0.2, 0.25) is 0 Å². The summed E-state index contributed by atoms with van der Waals surface area (Å²) in [6.45, 7) is 6.68. The molecule has 6 aromatic carbocycles. The summed E-state index contributed by atoms with van der Waals surface area (Å²) in [7, 11) is 0. The predicted octanol–water partition coefficient (Wildman–Crippen LogP) is 7.17. The standard InChI is InChI=1S/C24BF20.C17H20I/c26-5-1(6(27)14(35)21(42)13(5)34)25(2-7(28)15(36)22(43)16(37)8(2)29,3-9(30)17(38)23(44)18(39)10(3)31)4-11(32)19(40)24(45)20(41)12(4)33;1-13(2)12-15-6-10-17(11-7-15)18-16-8-4-14(3)5-9-16/h;4-11,13H,12H2,1-3H3/q-1;+1. The molecule has 0 saturated heterocycles. The van der Waals surface area contributed by atoms with E-state index in [0.29, 0.717) is 0 Å². The van der Waals surface area contributed by atoms with Gasteiger partial charge in [0.2, 0.25) is 0 Å². The van der Waals surface area contributed by atoms with Crippen molar-refractivity contribution in [3.63, 3.8) is 0 Å². The molecule has 0 unspecified atom stereocenters. The average molecular weight is 1030 g/mol. The summed E-state index contributed by atoms with van der Waals surface area (Å²) in [4.78, 5) is 0. The lowest BCUT2D eigenvalue weighted by Gasteiger charge is -2.44. The molecule has 0 bridgehead atoms. The van der Waals surface area contributed by atoms with Gasteiger partial charge >= 0.3 is 21.2 Å². The van der Waals surface area contributed by atoms with Crippen LogP contribution in [-0.2, 0) is 6.42 Å². The largest absolute Gasteiger partial charge is 0.357 e. The van der Waals surface area contributed by atoms with Gasteiger partial charge in [-0.1, -0.05) is 43.7 Å². The van der Waals surface area contributed by atoms with Crippen LogP contribution in [0.4, 0.5) is 87.8 Å². The predicted molar refractivity (Wildman–Crippen MR) is 183 cm³/mol. The lowest BCUT2D eigenvalue weighted by atomic mass is 9.12. The number of aryl methyl sites for hydroxylation is 1. The molecular formula is C41H20BF20I. The minimum Gasteiger partial charge on any atom is -0.207 e. The van der Waals surface area contributed by atoms with Crippen molar-refractivity contribution in [3.8, 4) is 0 Å². The Bertz CT molecular complexity index is 2370. The SMILES string of the molecule is Cc1ccc([I+]c2ccc(CC(C)C)cc2)cc1.Fc1c(F)c(F)c([B-](c2c(F)c(F)c(F)c(F)c2F)(c2c(F)c(F)c(F)c(F)c2F)c2c(F)c(F)c(F)c(F)c2F)c(F)c1F. The van der Waals surface area contributed by atoms with Crippen LogP contribution in [0.25, 0.3) is 0 Å². The second kappa shape index (κ2) is 18.4. The summed E-state index contributed by atoms with van der Waals surface area (Å²) in [5, 5.41) is 0. The summed E-state index contributed by atoms with van der Waals surface area (Å²) < 4.78 is 297. The third-order valence-corrected chi connectivity index (χ3v) is 12.2. The Labute approximate surface area is 352 Å². The van der Waals surface area contributed by atoms with E-state index in [1.54, 1.807) is 0 Å². The van der Waals surface area contributed by atoms with Crippen LogP contribution in [0.3, 0.4) is 0 Å². The number of hydrogen-bond acceptors (Lipinski definition) is 0. The fourth-order valence-electron chi connectivity index (χ4n) is 6.75. The first-order valence-corrected chi connectivity index (χ1v) is 19.5. The average Bonchev–Trinajstić information content (AvgIpc) is 3.25. The second-order valence-corrected chi connectivity index (χ2v) is 16.9. The van der Waals surface area contributed by atoms with Gasteiger partial charge in [0.25, 0.3) is 0 Å². The molecule has 0 N–H and O–H groups in total. The molecule has 0 radical (unpaired) electrons. The van der Waals surface area contributed by atoms with Gasteiger partial charge in [-0.3, -0.25) is 0 Å². The third kappa shape index (κ3) is 8.34. The van der Waals surface area contributed by atoms with Crippen LogP contribution in [0, 0.1) is 136 Å². The van der Waals surface area contributed by atoms with Crippen LogP contribution < -0.4 is 43.1 Å². The minimum absolute atomic E-state index is 0.0179. The van der Waals surface area contributed by atoms with E-state index >= 15 is 35.1 Å². The van der Waals surface area contributed by atoms with Crippen molar-refractivity contribution in [1.29, 1.82) is 0 Å². The molecule has 22 heteroatoms. The van der Waals surface area contributed by atoms with Gasteiger partial charge < -0.3 is 0 Å². The summed E-state index contributed by atoms with van der Waals surface area (Å²) in [5.74, 6) is -70.7. The van der Waals surface area contributed by atoms with Gasteiger partial charge in [-0.2, -0.15) is 0 Å². The van der Waals surface area contributed by atoms with Crippen LogP contribution in [-0.4, -0.2) is 6.15 Å². The third-order valence-electron chi connectivity index (χ3n) is 9.49. The van der Waals surface area contributed by atoms with E-state index in [9.17, 15) is 52.7 Å². The fourth-order valence-corrected chi connectivity index (χ4v) is 8.91. The highest BCUT2D eigenvalue weighted by molar-refractivity contribution is 7.20. The van der Waals surface area contributed by atoms with Crippen LogP contribution >= 0.6 is 0 Å². The molecular weight excluding hydrogens is 1010 g/mol. The molecule has 334 valence electrons. The molecule has 0 aromatic heterocycles. The Hall–Kier alpha value is -5.29. The van der Waals surface area contributed by atoms with Crippen molar-refractivity contribution < 1.29 is 109 Å². The smallest absolute Gasteiger partial charge is 0.207 e. The number of halogens is 21. The Kier molecular flexibility index (Phi) is 14.3. The van der Waals surface area contributed by atoms with Gasteiger partial charge in [0.1, 0.15) is 52.7 Å². The quantitative estimate of drug-likeness (QED) is 0.0500. The molecule has 0 saturated carbocycles. The molecule has 6 aromatic rings. The summed E-state index contributed by atoms with van der Waals surface area (Å²) in [6, 6.07) is 18.2. The Balaban J connectivity index is 0.000000345. The van der Waals surface area contributed by atoms with E-state index in [4.69, 9.17) is 0 Å². The normalized spacial score (nSPS) is 11.7. The van der Waals surface area contributed by atoms with E-state index in [-0.39, 0.29) is 21.2 Å². The Morgan fingerprint density at radius 1 is 0.333 bits per heavy atom. The van der Waals surface area contributed by atoms with Gasteiger partial charge in [0.05, 0.1) is 0 Å². The van der Waals surface area contributed by atoms with Gasteiger partial charge in [-0.25, -0.2) is 87.8 Å². The Morgan fingerprint density at radius 2 is 0.540 bits per heavy atom. The number of rotatable bonds is 8. The molecule has 6 rings (SSSR count). The summed E-state index contributed by atoms with van der Waals surface area (Å²) in [6.07, 6.45) is -6.03. The van der Waals surface area contributed by atoms with Crippen LogP contribution in [0.1, 0.15) is 25.0 Å². The maximum atomic E-state index is 15.4. The van der Waals surface area contributed by atoms with Crippen LogP contribution in [0.15, 0.2) is 48.5 Å². The van der Waals surface area contributed by atoms with Crippen molar-refractivity contribution in [1.82, 2.24) is 0 Å². The summed E-state index contributed by atoms with van der Waals surface area (Å²) >= 11 is -0.0179. The molecule has 0 nitrogen and oxygen atoms in total. The van der Waals surface area contributed by atoms with Gasteiger partial charge in [0.15, 0.2) is 76.9 Å². The Morgan fingerprint density at radius 3 is 0.762 bits per heavy atom. The van der Waals surface area contributed by atoms with Crippen molar-refractivity contribution in [2.75, 3.05) is 0 Å². The van der Waals surface area contributed by atoms with Gasteiger partial charge in [-0.05, 0) is 49.1 Å². The topological polar surface area (TPSA) is 0 Å². The van der Waals surface area contributed by atoms with Crippen molar-refractivity contribution in [2.45, 2.75) is 27.2 Å². The lowest BCUT2D eigenvalue weighted by Crippen LogP contribution is -3.61. The number of hydrogen-bond donors (Lipinski definition) is 0. The molecule has 0 heterocycles. The second-order valence-electron chi connectivity index (χ2n) is 13.9. The van der Waals surface area contributed by atoms with E-state index < -0.39 is 144 Å². The first kappa shape index (κ1) is 48.7. The number of benzene rings is 6. The van der Waals surface area contributed by atoms with Crippen molar-refractivity contribution in [3.05, 3.63) is 183 Å². The minimum atomic E-state index is -7.22. The highest BCUT2D eigenvalue weighted by atomic mass is 127. The monoisotopic (exact) mass is 1030 g/mol. The molecule has 0 aliphatic carbocycles. The zero-order valence-electron chi connectivity index (χ0n) is 31.4. The van der Waals surface area contributed by atoms with E-state index in [0.717, 1.165) is 5.92 Å². The van der Waals surface area contributed by atoms with Crippen LogP contribution in [0.5, 0.6) is 0 Å². The van der Waals surface area contributed by atoms with E-state index in [2.05, 4.69) is 69.3 Å². The molecule has 0 aliphatic heterocycles. The molecule has 0 spiro atoms. The highest BCUT2D eigenvalue weighted by Gasteiger charge is 2.52. The van der Waals surface area contributed by atoms with Crippen molar-refractivity contribution in [2.24, 2.45) is 5.92 Å². The molecule has 0 atom stereocenters. The lowest BCUT2D eigenvalue weighted by molar-refractivity contribution is -0.597. The van der Waals surface area contributed by atoms with Crippen molar-refractivity contribution >= 4 is 28.0 Å². The maximum absolute atomic E-state index is 15.4. The molecule has 0 aliphatic rings. The van der Waals surface area contributed by atoms with Gasteiger partial charge in [0, 0.05) is 0 Å². The first-order chi connectivity index (χ1) is 29.3. The first-order valence-electron chi connectivity index (χ1n) is 17.4. The molecule has 0 amide bonds. The highest BCUT2D eigenvalue weighted by Crippen LogP contribution is 2.30. The fraction of sp³-hybridized carbons (Fsp3) is 0.122. The molecule has 63 heavy (non-hydrogen) atoms. The zero-order chi connectivity index (χ0) is 47.3. The van der Waals surface area contributed by atoms with Gasteiger partial charge in [-0.15, -0.1) is 21.9 Å². The maximum Gasteiger partial charge on any atom is 0.357 e. The van der Waals surface area contributed by atoms with E-state index in [1.165, 1.54) is 24.7 Å². The molecule has 0 fully saturated rings. The zero-order valence-corrected chi connectivity index (χ0v) is 33.6.